The van der Waals surface area contributed by atoms with E-state index in [1.54, 1.807) is 55.4 Å². The molecule has 0 spiro atoms. The summed E-state index contributed by atoms with van der Waals surface area (Å²) in [6.45, 7) is 9.53. The average Bonchev–Trinajstić information content (AvgIpc) is 2.67. The number of halogens is 6. The Morgan fingerprint density at radius 2 is 0.853 bits per heavy atom. The summed E-state index contributed by atoms with van der Waals surface area (Å²) in [6.07, 6.45) is -9.44. The topological polar surface area (TPSA) is 52.6 Å². The van der Waals surface area contributed by atoms with Gasteiger partial charge in [0.25, 0.3) is 0 Å². The fourth-order valence-corrected chi connectivity index (χ4v) is 10.1. The third-order valence-corrected chi connectivity index (χ3v) is 14.0. The van der Waals surface area contributed by atoms with Gasteiger partial charge in [-0.25, -0.2) is 0 Å². The molecule has 0 aliphatic carbocycles. The minimum Gasteiger partial charge on any atom is -0.483 e. The number of hydrogen-bond donors (Lipinski definition) is 0. The number of ether oxygens (including phenoxy) is 2. The van der Waals surface area contributed by atoms with Crippen molar-refractivity contribution in [3.63, 3.8) is 0 Å². The zero-order valence-electron chi connectivity index (χ0n) is 20.7. The summed E-state index contributed by atoms with van der Waals surface area (Å²) in [5.74, 6) is -0.808. The van der Waals surface area contributed by atoms with Gasteiger partial charge in [-0.2, -0.15) is 26.3 Å². The van der Waals surface area contributed by atoms with Gasteiger partial charge >= 0.3 is 12.4 Å². The molecule has 4 nitrogen and oxygen atoms in total. The van der Waals surface area contributed by atoms with E-state index >= 15 is 0 Å². The Morgan fingerprint density at radius 3 is 1.03 bits per heavy atom. The third kappa shape index (κ3) is 6.96. The Hall–Kier alpha value is -1.14. The molecule has 0 bridgehead atoms. The summed E-state index contributed by atoms with van der Waals surface area (Å²) >= 11 is 0. The molecule has 12 heteroatoms. The molecule has 0 unspecified atom stereocenters. The van der Waals surface area contributed by atoms with Crippen LogP contribution in [0.5, 0.6) is 11.5 Å². The predicted molar refractivity (Wildman–Crippen MR) is 125 cm³/mol. The Labute approximate surface area is 197 Å². The van der Waals surface area contributed by atoms with Gasteiger partial charge in [-0.15, -0.1) is 0 Å². The van der Waals surface area contributed by atoms with Gasteiger partial charge in [-0.3, -0.25) is 0 Å². The first-order valence-electron chi connectivity index (χ1n) is 10.9. The summed E-state index contributed by atoms with van der Waals surface area (Å²) in [7, 11) is -6.98. The first-order valence-corrected chi connectivity index (χ1v) is 14.6. The van der Waals surface area contributed by atoms with Crippen molar-refractivity contribution in [2.24, 2.45) is 0 Å². The van der Waals surface area contributed by atoms with E-state index in [4.69, 9.17) is 9.47 Å². The maximum Gasteiger partial charge on any atom is 0.422 e. The molecular formula is C22H34F6O4P2. The predicted octanol–water partition coefficient (Wildman–Crippen LogP) is 7.18. The van der Waals surface area contributed by atoms with Gasteiger partial charge in [0.05, 0.1) is 10.6 Å². The van der Waals surface area contributed by atoms with Crippen molar-refractivity contribution in [3.05, 3.63) is 12.1 Å². The van der Waals surface area contributed by atoms with Crippen molar-refractivity contribution in [2.45, 2.75) is 90.4 Å². The van der Waals surface area contributed by atoms with Crippen molar-refractivity contribution >= 4 is 24.9 Å². The van der Waals surface area contributed by atoms with Crippen LogP contribution < -0.4 is 20.1 Å². The van der Waals surface area contributed by atoms with E-state index in [0.717, 1.165) is 12.1 Å². The van der Waals surface area contributed by atoms with Gasteiger partial charge in [0.2, 0.25) is 0 Å². The van der Waals surface area contributed by atoms with Crippen LogP contribution >= 0.6 is 14.3 Å². The molecule has 1 aromatic carbocycles. The molecule has 0 aliphatic heterocycles. The second-order valence-corrected chi connectivity index (χ2v) is 17.3. The van der Waals surface area contributed by atoms with Crippen LogP contribution in [0.25, 0.3) is 0 Å². The SMILES string of the molecule is CC(C)P(=O)(c1cc(OCC(F)(F)F)c(P(=O)(C(C)C)C(C)C)cc1OCC(F)(F)F)C(C)C. The van der Waals surface area contributed by atoms with Crippen LogP contribution in [0.4, 0.5) is 26.3 Å². The fourth-order valence-electron chi connectivity index (χ4n) is 3.94. The summed E-state index contributed by atoms with van der Waals surface area (Å²) < 4.78 is 116. The molecule has 198 valence electrons. The van der Waals surface area contributed by atoms with Gasteiger partial charge in [0.1, 0.15) is 25.8 Å². The van der Waals surface area contributed by atoms with Crippen LogP contribution in [0, 0.1) is 0 Å². The van der Waals surface area contributed by atoms with Crippen LogP contribution in [-0.2, 0) is 9.13 Å². The molecule has 0 saturated carbocycles. The lowest BCUT2D eigenvalue weighted by Crippen LogP contribution is -2.30. The lowest BCUT2D eigenvalue weighted by molar-refractivity contribution is -0.154. The summed E-state index contributed by atoms with van der Waals surface area (Å²) in [5, 5.41) is -0.302. The average molecular weight is 538 g/mol. The van der Waals surface area contributed by atoms with Crippen LogP contribution in [0.3, 0.4) is 0 Å². The van der Waals surface area contributed by atoms with Gasteiger partial charge in [-0.1, -0.05) is 55.4 Å². The monoisotopic (exact) mass is 538 g/mol. The molecule has 34 heavy (non-hydrogen) atoms. The zero-order valence-corrected chi connectivity index (χ0v) is 22.5. The fraction of sp³-hybridized carbons (Fsp3) is 0.727. The van der Waals surface area contributed by atoms with Gasteiger partial charge in [0, 0.05) is 22.6 Å². The van der Waals surface area contributed by atoms with Crippen LogP contribution in [0.15, 0.2) is 12.1 Å². The van der Waals surface area contributed by atoms with E-state index in [0.29, 0.717) is 0 Å². The van der Waals surface area contributed by atoms with E-state index in [1.165, 1.54) is 0 Å². The van der Waals surface area contributed by atoms with Crippen molar-refractivity contribution in [3.8, 4) is 11.5 Å². The minimum atomic E-state index is -4.72. The van der Waals surface area contributed by atoms with Gasteiger partial charge < -0.3 is 18.6 Å². The summed E-state index contributed by atoms with van der Waals surface area (Å²) in [4.78, 5) is 0. The maximum absolute atomic E-state index is 14.0. The van der Waals surface area contributed by atoms with Crippen molar-refractivity contribution < 1.29 is 44.9 Å². The molecule has 0 amide bonds. The van der Waals surface area contributed by atoms with Gasteiger partial charge in [0.15, 0.2) is 13.2 Å². The molecule has 1 rings (SSSR count). The van der Waals surface area contributed by atoms with E-state index in [9.17, 15) is 35.5 Å². The van der Waals surface area contributed by atoms with E-state index < -0.39 is 74.0 Å². The highest BCUT2D eigenvalue weighted by Crippen LogP contribution is 2.59. The van der Waals surface area contributed by atoms with E-state index in [-0.39, 0.29) is 10.6 Å². The Morgan fingerprint density at radius 1 is 0.618 bits per heavy atom. The standard InChI is InChI=1S/C22H34F6O4P2/c1-13(2)33(29,14(3)4)19-9-18(32-12-22(26,27)28)20(34(30,15(5)6)16(7)8)10-17(19)31-11-21(23,24)25/h9-10,13-16H,11-12H2,1-8H3. The van der Waals surface area contributed by atoms with Gasteiger partial charge in [-0.05, 0) is 12.1 Å². The Kier molecular flexibility index (Phi) is 9.87. The molecule has 0 aromatic heterocycles. The highest BCUT2D eigenvalue weighted by molar-refractivity contribution is 7.74. The smallest absolute Gasteiger partial charge is 0.422 e. The van der Waals surface area contributed by atoms with Crippen LogP contribution in [0.1, 0.15) is 55.4 Å². The second-order valence-electron chi connectivity index (χ2n) is 9.39. The number of hydrogen-bond acceptors (Lipinski definition) is 4. The molecule has 0 aliphatic rings. The molecule has 1 aromatic rings. The molecular weight excluding hydrogens is 504 g/mol. The molecule has 0 atom stereocenters. The first kappa shape index (κ1) is 30.9. The minimum absolute atomic E-state index is 0.151. The maximum atomic E-state index is 14.0. The molecule has 0 fully saturated rings. The molecule has 0 saturated heterocycles. The normalized spacial score (nSPS) is 13.9. The summed E-state index contributed by atoms with van der Waals surface area (Å²) in [6, 6.07) is 2.09. The first-order chi connectivity index (χ1) is 15.2. The van der Waals surface area contributed by atoms with Crippen molar-refractivity contribution in [2.75, 3.05) is 13.2 Å². The van der Waals surface area contributed by atoms with Crippen molar-refractivity contribution in [1.29, 1.82) is 0 Å². The van der Waals surface area contributed by atoms with E-state index in [1.807, 2.05) is 0 Å². The Bertz CT molecular complexity index is 837. The van der Waals surface area contributed by atoms with E-state index in [2.05, 4.69) is 0 Å². The lowest BCUT2D eigenvalue weighted by atomic mass is 10.3. The molecule has 0 N–H and O–H groups in total. The van der Waals surface area contributed by atoms with Crippen molar-refractivity contribution in [1.82, 2.24) is 0 Å². The molecule has 0 radical (unpaired) electrons. The van der Waals surface area contributed by atoms with Crippen LogP contribution in [-0.4, -0.2) is 48.2 Å². The summed E-state index contributed by atoms with van der Waals surface area (Å²) in [5.41, 5.74) is -2.21. The van der Waals surface area contributed by atoms with Crippen LogP contribution in [0.2, 0.25) is 0 Å². The highest BCUT2D eigenvalue weighted by Gasteiger charge is 2.42. The largest absolute Gasteiger partial charge is 0.483 e. The lowest BCUT2D eigenvalue weighted by Gasteiger charge is -2.32. The highest BCUT2D eigenvalue weighted by atomic mass is 31.2. The third-order valence-electron chi connectivity index (χ3n) is 5.64. The Balaban J connectivity index is 4.07. The number of benzene rings is 1. The quantitative estimate of drug-likeness (QED) is 0.234. The number of rotatable bonds is 10. The number of alkyl halides is 6. The zero-order chi connectivity index (χ0) is 26.9. The second kappa shape index (κ2) is 10.9. The molecule has 0 heterocycles.